The van der Waals surface area contributed by atoms with Crippen LogP contribution in [0.5, 0.6) is 11.5 Å². The Morgan fingerprint density at radius 2 is 2.00 bits per heavy atom. The van der Waals surface area contributed by atoms with Crippen LogP contribution in [0.25, 0.3) is 0 Å². The van der Waals surface area contributed by atoms with Gasteiger partial charge in [-0.05, 0) is 30.5 Å². The van der Waals surface area contributed by atoms with Crippen LogP contribution in [-0.4, -0.2) is 47.5 Å². The van der Waals surface area contributed by atoms with E-state index in [1.165, 1.54) is 25.7 Å². The van der Waals surface area contributed by atoms with E-state index in [-0.39, 0.29) is 0 Å². The summed E-state index contributed by atoms with van der Waals surface area (Å²) in [6.07, 6.45) is 7.61. The van der Waals surface area contributed by atoms with Crippen LogP contribution in [0.2, 0.25) is 0 Å². The molecule has 8 nitrogen and oxygen atoms in total. The van der Waals surface area contributed by atoms with Crippen molar-refractivity contribution in [2.75, 3.05) is 20.8 Å². The second-order valence-corrected chi connectivity index (χ2v) is 7.20. The monoisotopic (exact) mass is 400 g/mol. The van der Waals surface area contributed by atoms with Crippen LogP contribution in [-0.2, 0) is 19.5 Å². The largest absolute Gasteiger partial charge is 0.493 e. The molecule has 1 aromatic heterocycles. The van der Waals surface area contributed by atoms with Gasteiger partial charge < -0.3 is 24.7 Å². The third-order valence-electron chi connectivity index (χ3n) is 5.22. The molecule has 1 aliphatic carbocycles. The Bertz CT molecular complexity index is 798. The molecule has 0 saturated heterocycles. The molecule has 0 aliphatic heterocycles. The van der Waals surface area contributed by atoms with Crippen LogP contribution in [0.1, 0.15) is 44.0 Å². The molecule has 3 rings (SSSR count). The molecule has 2 N–H and O–H groups in total. The Kier molecular flexibility index (Phi) is 7.72. The van der Waals surface area contributed by atoms with E-state index in [0.29, 0.717) is 12.6 Å². The van der Waals surface area contributed by atoms with E-state index < -0.39 is 0 Å². The number of ether oxygens (including phenoxy) is 2. The predicted molar refractivity (Wildman–Crippen MR) is 113 cm³/mol. The van der Waals surface area contributed by atoms with E-state index in [0.717, 1.165) is 48.4 Å². The van der Waals surface area contributed by atoms with Gasteiger partial charge in [0.1, 0.15) is 12.2 Å². The average Bonchev–Trinajstić information content (AvgIpc) is 3.43. The summed E-state index contributed by atoms with van der Waals surface area (Å²) in [6.45, 7) is 4.22. The Morgan fingerprint density at radius 3 is 2.72 bits per heavy atom. The van der Waals surface area contributed by atoms with Crippen LogP contribution in [0.15, 0.2) is 29.5 Å². The van der Waals surface area contributed by atoms with Gasteiger partial charge in [-0.2, -0.15) is 0 Å². The molecule has 0 spiro atoms. The second kappa shape index (κ2) is 10.7. The summed E-state index contributed by atoms with van der Waals surface area (Å²) in [4.78, 5) is 4.81. The van der Waals surface area contributed by atoms with E-state index >= 15 is 0 Å². The Balaban J connectivity index is 1.64. The normalized spacial score (nSPS) is 14.8. The van der Waals surface area contributed by atoms with Crippen LogP contribution in [0, 0.1) is 0 Å². The molecule has 29 heavy (non-hydrogen) atoms. The maximum Gasteiger partial charge on any atom is 0.191 e. The lowest BCUT2D eigenvalue weighted by molar-refractivity contribution is 0.354. The third-order valence-corrected chi connectivity index (χ3v) is 5.22. The topological polar surface area (TPSA) is 85.6 Å². The van der Waals surface area contributed by atoms with Crippen molar-refractivity contribution < 1.29 is 9.47 Å². The van der Waals surface area contributed by atoms with Crippen LogP contribution >= 0.6 is 0 Å². The average molecular weight is 401 g/mol. The van der Waals surface area contributed by atoms with E-state index in [4.69, 9.17) is 14.5 Å². The molecule has 1 aromatic carbocycles. The van der Waals surface area contributed by atoms with Crippen molar-refractivity contribution in [2.24, 2.45) is 4.99 Å². The van der Waals surface area contributed by atoms with Gasteiger partial charge in [-0.15, -0.1) is 10.2 Å². The zero-order valence-electron chi connectivity index (χ0n) is 17.6. The highest BCUT2D eigenvalue weighted by atomic mass is 16.5. The fourth-order valence-corrected chi connectivity index (χ4v) is 3.60. The number of hydrogen-bond acceptors (Lipinski definition) is 5. The van der Waals surface area contributed by atoms with E-state index in [1.54, 1.807) is 20.5 Å². The van der Waals surface area contributed by atoms with Gasteiger partial charge in [-0.1, -0.05) is 25.8 Å². The minimum absolute atomic E-state index is 0.493. The first kappa shape index (κ1) is 21.0. The van der Waals surface area contributed by atoms with E-state index in [9.17, 15) is 0 Å². The molecule has 2 aromatic rings. The number of aryl methyl sites for hydroxylation is 1. The fraction of sp³-hybridized carbons (Fsp3) is 0.571. The maximum atomic E-state index is 5.40. The van der Waals surface area contributed by atoms with Crippen molar-refractivity contribution in [3.63, 3.8) is 0 Å². The highest BCUT2D eigenvalue weighted by Crippen LogP contribution is 2.27. The maximum absolute atomic E-state index is 5.40. The van der Waals surface area contributed by atoms with E-state index in [2.05, 4.69) is 32.3 Å². The van der Waals surface area contributed by atoms with Crippen LogP contribution < -0.4 is 20.1 Å². The van der Waals surface area contributed by atoms with Gasteiger partial charge in [0, 0.05) is 25.6 Å². The van der Waals surface area contributed by atoms with Crippen molar-refractivity contribution in [1.29, 1.82) is 0 Å². The molecule has 0 unspecified atom stereocenters. The number of benzene rings is 1. The van der Waals surface area contributed by atoms with Gasteiger partial charge in [-0.25, -0.2) is 4.99 Å². The van der Waals surface area contributed by atoms with Gasteiger partial charge in [0.05, 0.1) is 20.8 Å². The number of methoxy groups -OCH3 is 2. The molecule has 1 fully saturated rings. The quantitative estimate of drug-likeness (QED) is 0.497. The highest BCUT2D eigenvalue weighted by Gasteiger charge is 2.16. The van der Waals surface area contributed by atoms with Crippen molar-refractivity contribution in [2.45, 2.75) is 58.2 Å². The zero-order chi connectivity index (χ0) is 20.5. The zero-order valence-corrected chi connectivity index (χ0v) is 17.6. The molecular weight excluding hydrogens is 368 g/mol. The summed E-state index contributed by atoms with van der Waals surface area (Å²) in [5.41, 5.74) is 1.07. The molecule has 0 atom stereocenters. The summed E-state index contributed by atoms with van der Waals surface area (Å²) in [6, 6.07) is 6.40. The number of aliphatic imine (C=N–C) groups is 1. The highest BCUT2D eigenvalue weighted by molar-refractivity contribution is 5.80. The molecule has 0 amide bonds. The van der Waals surface area contributed by atoms with Gasteiger partial charge in [0.15, 0.2) is 17.5 Å². The number of aromatic nitrogens is 3. The minimum atomic E-state index is 0.493. The summed E-state index contributed by atoms with van der Waals surface area (Å²) >= 11 is 0. The van der Waals surface area contributed by atoms with E-state index in [1.807, 2.05) is 18.2 Å². The first-order chi connectivity index (χ1) is 14.2. The fourth-order valence-electron chi connectivity index (χ4n) is 3.60. The van der Waals surface area contributed by atoms with Crippen molar-refractivity contribution in [1.82, 2.24) is 25.4 Å². The second-order valence-electron chi connectivity index (χ2n) is 7.20. The molecule has 0 radical (unpaired) electrons. The van der Waals surface area contributed by atoms with Gasteiger partial charge in [-0.3, -0.25) is 0 Å². The third kappa shape index (κ3) is 5.85. The first-order valence-electron chi connectivity index (χ1n) is 10.4. The Labute approximate surface area is 172 Å². The number of nitrogens with zero attached hydrogens (tertiary/aromatic N) is 4. The minimum Gasteiger partial charge on any atom is -0.493 e. The van der Waals surface area contributed by atoms with Gasteiger partial charge in [0.25, 0.3) is 0 Å². The summed E-state index contributed by atoms with van der Waals surface area (Å²) in [5.74, 6) is 3.29. The summed E-state index contributed by atoms with van der Waals surface area (Å²) in [5, 5.41) is 15.2. The van der Waals surface area contributed by atoms with Gasteiger partial charge in [0.2, 0.25) is 0 Å². The lowest BCUT2D eigenvalue weighted by atomic mass is 10.2. The number of hydrogen-bond donors (Lipinski definition) is 2. The SMILES string of the molecule is CCc1nncn1CCNC(=NCc1ccc(OC)c(OC)c1)NC1CCCC1. The van der Waals surface area contributed by atoms with Crippen molar-refractivity contribution in [3.05, 3.63) is 35.9 Å². The first-order valence-corrected chi connectivity index (χ1v) is 10.4. The molecule has 1 aliphatic rings. The molecule has 8 heteroatoms. The Morgan fingerprint density at radius 1 is 1.21 bits per heavy atom. The smallest absolute Gasteiger partial charge is 0.191 e. The lowest BCUT2D eigenvalue weighted by Gasteiger charge is -2.18. The molecule has 158 valence electrons. The lowest BCUT2D eigenvalue weighted by Crippen LogP contribution is -2.43. The standard InChI is InChI=1S/C21H32N6O2/c1-4-20-26-24-15-27(20)12-11-22-21(25-17-7-5-6-8-17)23-14-16-9-10-18(28-2)19(13-16)29-3/h9-10,13,15,17H,4-8,11-12,14H2,1-3H3,(H2,22,23,25). The molecule has 0 bridgehead atoms. The van der Waals surface area contributed by atoms with Crippen LogP contribution in [0.3, 0.4) is 0 Å². The molecular formula is C21H32N6O2. The number of rotatable bonds is 9. The van der Waals surface area contributed by atoms with Crippen molar-refractivity contribution in [3.8, 4) is 11.5 Å². The van der Waals surface area contributed by atoms with Crippen LogP contribution in [0.4, 0.5) is 0 Å². The molecule has 1 heterocycles. The summed E-state index contributed by atoms with van der Waals surface area (Å²) in [7, 11) is 3.29. The Hall–Kier alpha value is -2.77. The van der Waals surface area contributed by atoms with Crippen molar-refractivity contribution >= 4 is 5.96 Å². The number of guanidine groups is 1. The van der Waals surface area contributed by atoms with Gasteiger partial charge >= 0.3 is 0 Å². The predicted octanol–water partition coefficient (Wildman–Crippen LogP) is 2.54. The summed E-state index contributed by atoms with van der Waals surface area (Å²) < 4.78 is 12.8. The molecule has 1 saturated carbocycles. The number of nitrogens with one attached hydrogen (secondary N) is 2.